The van der Waals surface area contributed by atoms with E-state index in [0.717, 1.165) is 16.6 Å². The Bertz CT molecular complexity index is 1320. The minimum Gasteiger partial charge on any atom is -0.368 e. The first-order valence-electron chi connectivity index (χ1n) is 10.2. The van der Waals surface area contributed by atoms with Gasteiger partial charge in [0.15, 0.2) is 0 Å². The molecule has 7 nitrogen and oxygen atoms in total. The highest BCUT2D eigenvalue weighted by atomic mass is 19.1. The maximum absolute atomic E-state index is 15.0. The van der Waals surface area contributed by atoms with Gasteiger partial charge < -0.3 is 15.2 Å². The van der Waals surface area contributed by atoms with Crippen LogP contribution in [0.5, 0.6) is 0 Å². The van der Waals surface area contributed by atoms with Gasteiger partial charge in [0.2, 0.25) is 5.95 Å². The lowest BCUT2D eigenvalue weighted by atomic mass is 10.0. The fourth-order valence-corrected chi connectivity index (χ4v) is 3.69. The Morgan fingerprint density at radius 2 is 1.72 bits per heavy atom. The zero-order valence-corrected chi connectivity index (χ0v) is 18.7. The number of carbonyl (C=O) groups is 1. The molecule has 0 atom stereocenters. The van der Waals surface area contributed by atoms with Gasteiger partial charge in [-0.25, -0.2) is 19.3 Å². The van der Waals surface area contributed by atoms with E-state index in [-0.39, 0.29) is 23.0 Å². The number of anilines is 1. The first-order valence-corrected chi connectivity index (χ1v) is 10.2. The lowest BCUT2D eigenvalue weighted by molar-refractivity contribution is 0.0827. The number of halogens is 1. The van der Waals surface area contributed by atoms with Crippen LogP contribution in [0.1, 0.15) is 31.1 Å². The molecule has 2 aromatic heterocycles. The van der Waals surface area contributed by atoms with Crippen molar-refractivity contribution in [2.45, 2.75) is 26.3 Å². The third kappa shape index (κ3) is 3.79. The first kappa shape index (κ1) is 21.4. The molecular weight excluding hydrogens is 407 g/mol. The molecule has 32 heavy (non-hydrogen) atoms. The average molecular weight is 433 g/mol. The van der Waals surface area contributed by atoms with Crippen LogP contribution in [-0.2, 0) is 5.54 Å². The predicted molar refractivity (Wildman–Crippen MR) is 124 cm³/mol. The first-order chi connectivity index (χ1) is 15.1. The average Bonchev–Trinajstić information content (AvgIpc) is 3.13. The van der Waals surface area contributed by atoms with Crippen molar-refractivity contribution in [1.82, 2.24) is 24.4 Å². The summed E-state index contributed by atoms with van der Waals surface area (Å²) in [6, 6.07) is 10.2. The number of hydrogen-bond acceptors (Lipinski definition) is 5. The molecule has 2 heterocycles. The molecule has 0 saturated carbocycles. The molecule has 0 spiro atoms. The topological polar surface area (TPSA) is 89.9 Å². The van der Waals surface area contributed by atoms with Crippen LogP contribution in [0.3, 0.4) is 0 Å². The van der Waals surface area contributed by atoms with Gasteiger partial charge in [0.1, 0.15) is 11.6 Å². The molecule has 0 saturated heterocycles. The maximum atomic E-state index is 15.0. The molecule has 2 N–H and O–H groups in total. The van der Waals surface area contributed by atoms with Gasteiger partial charge in [-0.2, -0.15) is 0 Å². The minimum absolute atomic E-state index is 0.199. The van der Waals surface area contributed by atoms with E-state index in [0.29, 0.717) is 16.9 Å². The second-order valence-corrected chi connectivity index (χ2v) is 8.87. The molecule has 0 aliphatic rings. The maximum Gasteiger partial charge on any atom is 0.253 e. The van der Waals surface area contributed by atoms with Crippen molar-refractivity contribution in [3.63, 3.8) is 0 Å². The number of hydrogen-bond donors (Lipinski definition) is 1. The SMILES string of the molecule is CN(C)C(=O)c1ccc(F)c(-c2nc3cc(-c4cnc(N)nc4)ccc3n2C(C)(C)C)c1. The Kier molecular flexibility index (Phi) is 5.16. The van der Waals surface area contributed by atoms with Crippen molar-refractivity contribution >= 4 is 22.9 Å². The highest BCUT2D eigenvalue weighted by molar-refractivity contribution is 5.95. The van der Waals surface area contributed by atoms with Crippen LogP contribution in [-0.4, -0.2) is 44.4 Å². The van der Waals surface area contributed by atoms with Crippen molar-refractivity contribution in [2.24, 2.45) is 0 Å². The van der Waals surface area contributed by atoms with Gasteiger partial charge in [-0.05, 0) is 56.7 Å². The molecule has 0 radical (unpaired) electrons. The summed E-state index contributed by atoms with van der Waals surface area (Å²) >= 11 is 0. The Labute approximate surface area is 185 Å². The van der Waals surface area contributed by atoms with Crippen molar-refractivity contribution in [2.75, 3.05) is 19.8 Å². The van der Waals surface area contributed by atoms with E-state index in [4.69, 9.17) is 10.7 Å². The molecule has 0 aliphatic heterocycles. The lowest BCUT2D eigenvalue weighted by Gasteiger charge is -2.25. The number of imidazole rings is 1. The summed E-state index contributed by atoms with van der Waals surface area (Å²) in [5, 5.41) is 0. The van der Waals surface area contributed by atoms with Crippen LogP contribution in [0.4, 0.5) is 10.3 Å². The summed E-state index contributed by atoms with van der Waals surface area (Å²) in [6.45, 7) is 6.10. The van der Waals surface area contributed by atoms with Gasteiger partial charge in [0, 0.05) is 43.2 Å². The monoisotopic (exact) mass is 432 g/mol. The van der Waals surface area contributed by atoms with Gasteiger partial charge in [-0.1, -0.05) is 6.07 Å². The molecule has 2 aromatic carbocycles. The van der Waals surface area contributed by atoms with E-state index in [1.165, 1.54) is 17.0 Å². The third-order valence-electron chi connectivity index (χ3n) is 5.19. The molecule has 0 unspecified atom stereocenters. The predicted octanol–water partition coefficient (Wildman–Crippen LogP) is 4.34. The van der Waals surface area contributed by atoms with E-state index in [1.807, 2.05) is 43.5 Å². The zero-order chi connectivity index (χ0) is 23.2. The number of nitrogen functional groups attached to an aromatic ring is 1. The number of benzene rings is 2. The number of rotatable bonds is 3. The van der Waals surface area contributed by atoms with Crippen molar-refractivity contribution in [1.29, 1.82) is 0 Å². The zero-order valence-electron chi connectivity index (χ0n) is 18.7. The third-order valence-corrected chi connectivity index (χ3v) is 5.19. The molecule has 4 rings (SSSR count). The van der Waals surface area contributed by atoms with E-state index in [1.54, 1.807) is 32.6 Å². The van der Waals surface area contributed by atoms with Gasteiger partial charge in [0.25, 0.3) is 5.91 Å². The summed E-state index contributed by atoms with van der Waals surface area (Å²) in [6.07, 6.45) is 3.31. The number of aromatic nitrogens is 4. The molecule has 164 valence electrons. The largest absolute Gasteiger partial charge is 0.368 e. The van der Waals surface area contributed by atoms with E-state index in [2.05, 4.69) is 9.97 Å². The molecule has 4 aromatic rings. The van der Waals surface area contributed by atoms with Crippen LogP contribution >= 0.6 is 0 Å². The molecule has 8 heteroatoms. The van der Waals surface area contributed by atoms with Crippen molar-refractivity contribution in [3.05, 3.63) is 60.2 Å². The second-order valence-electron chi connectivity index (χ2n) is 8.87. The van der Waals surface area contributed by atoms with Crippen LogP contribution < -0.4 is 5.73 Å². The van der Waals surface area contributed by atoms with Gasteiger partial charge in [-0.3, -0.25) is 4.79 Å². The Hall–Kier alpha value is -3.81. The molecule has 1 amide bonds. The summed E-state index contributed by atoms with van der Waals surface area (Å²) in [5.74, 6) is 0.0319. The Morgan fingerprint density at radius 1 is 1.03 bits per heavy atom. The highest BCUT2D eigenvalue weighted by Crippen LogP contribution is 2.34. The Balaban J connectivity index is 1.94. The van der Waals surface area contributed by atoms with E-state index >= 15 is 0 Å². The molecular formula is C24H25FN6O. The van der Waals surface area contributed by atoms with Crippen LogP contribution in [0.15, 0.2) is 48.8 Å². The van der Waals surface area contributed by atoms with Crippen molar-refractivity contribution in [3.8, 4) is 22.5 Å². The number of nitrogens with zero attached hydrogens (tertiary/aromatic N) is 5. The molecule has 0 fully saturated rings. The summed E-state index contributed by atoms with van der Waals surface area (Å²) < 4.78 is 17.0. The second kappa shape index (κ2) is 7.71. The quantitative estimate of drug-likeness (QED) is 0.520. The normalized spacial score (nSPS) is 11.7. The summed E-state index contributed by atoms with van der Waals surface area (Å²) in [4.78, 5) is 26.8. The van der Waals surface area contributed by atoms with Crippen molar-refractivity contribution < 1.29 is 9.18 Å². The van der Waals surface area contributed by atoms with Gasteiger partial charge in [-0.15, -0.1) is 0 Å². The number of amides is 1. The van der Waals surface area contributed by atoms with Gasteiger partial charge in [0.05, 0.1) is 16.6 Å². The fraction of sp³-hybridized carbons (Fsp3) is 0.250. The fourth-order valence-electron chi connectivity index (χ4n) is 3.69. The number of fused-ring (bicyclic) bond motifs is 1. The minimum atomic E-state index is -0.437. The standard InChI is InChI=1S/C24H25FN6O/c1-24(2,3)31-20-9-7-14(16-12-27-23(26)28-13-16)11-19(20)29-21(31)17-10-15(6-8-18(17)25)22(32)30(4)5/h6-13H,1-5H3,(H2,26,27,28). The number of nitrogens with two attached hydrogens (primary N) is 1. The van der Waals surface area contributed by atoms with Crippen LogP contribution in [0.2, 0.25) is 0 Å². The summed E-state index contributed by atoms with van der Waals surface area (Å²) in [7, 11) is 3.33. The lowest BCUT2D eigenvalue weighted by Crippen LogP contribution is -2.23. The smallest absolute Gasteiger partial charge is 0.253 e. The summed E-state index contributed by atoms with van der Waals surface area (Å²) in [5.41, 5.74) is 9.13. The highest BCUT2D eigenvalue weighted by Gasteiger charge is 2.25. The van der Waals surface area contributed by atoms with Gasteiger partial charge >= 0.3 is 0 Å². The molecule has 0 aliphatic carbocycles. The van der Waals surface area contributed by atoms with E-state index < -0.39 is 5.82 Å². The number of carbonyl (C=O) groups excluding carboxylic acids is 1. The van der Waals surface area contributed by atoms with E-state index in [9.17, 15) is 9.18 Å². The van der Waals surface area contributed by atoms with Crippen LogP contribution in [0.25, 0.3) is 33.5 Å². The Morgan fingerprint density at radius 3 is 2.34 bits per heavy atom. The van der Waals surface area contributed by atoms with Crippen LogP contribution in [0, 0.1) is 5.82 Å². The molecule has 0 bridgehead atoms.